The Bertz CT molecular complexity index is 318. The summed E-state index contributed by atoms with van der Waals surface area (Å²) in [7, 11) is 0. The van der Waals surface area contributed by atoms with Crippen LogP contribution < -0.4 is 5.32 Å². The summed E-state index contributed by atoms with van der Waals surface area (Å²) in [5, 5.41) is 12.9. The van der Waals surface area contributed by atoms with E-state index in [-0.39, 0.29) is 6.10 Å². The molecule has 16 heavy (non-hydrogen) atoms. The van der Waals surface area contributed by atoms with E-state index >= 15 is 0 Å². The number of aliphatic hydroxyl groups is 1. The third-order valence-corrected chi connectivity index (χ3v) is 2.58. The predicted molar refractivity (Wildman–Crippen MR) is 65.4 cm³/mol. The van der Waals surface area contributed by atoms with Gasteiger partial charge in [-0.25, -0.2) is 0 Å². The molecule has 0 spiro atoms. The first kappa shape index (κ1) is 13.3. The van der Waals surface area contributed by atoms with Gasteiger partial charge in [-0.15, -0.1) is 0 Å². The molecule has 1 heterocycles. The molecule has 1 atom stereocenters. The van der Waals surface area contributed by atoms with Gasteiger partial charge in [-0.2, -0.15) is 0 Å². The maximum absolute atomic E-state index is 9.69. The van der Waals surface area contributed by atoms with Gasteiger partial charge in [0, 0.05) is 18.7 Å². The lowest BCUT2D eigenvalue weighted by Gasteiger charge is -2.13. The van der Waals surface area contributed by atoms with Crippen LogP contribution in [0.1, 0.15) is 37.4 Å². The van der Waals surface area contributed by atoms with E-state index in [0.29, 0.717) is 12.5 Å². The third kappa shape index (κ3) is 4.37. The number of hydrogen-bond acceptors (Lipinski definition) is 3. The lowest BCUT2D eigenvalue weighted by atomic mass is 10.1. The number of furan rings is 1. The normalized spacial score (nSPS) is 13.4. The zero-order chi connectivity index (χ0) is 12.1. The molecule has 1 aromatic rings. The van der Waals surface area contributed by atoms with Crippen LogP contribution in [0.25, 0.3) is 0 Å². The van der Waals surface area contributed by atoms with E-state index in [1.165, 1.54) is 5.56 Å². The molecule has 0 aliphatic rings. The second kappa shape index (κ2) is 6.06. The molecule has 3 nitrogen and oxygen atoms in total. The molecule has 0 saturated carbocycles. The SMILES string of the molecule is Cc1cc(CNCC(O)CC(C)C)c(C)o1. The average Bonchev–Trinajstić information content (AvgIpc) is 2.44. The van der Waals surface area contributed by atoms with Gasteiger partial charge in [-0.1, -0.05) is 13.8 Å². The molecular formula is C13H23NO2. The maximum atomic E-state index is 9.69. The fourth-order valence-electron chi connectivity index (χ4n) is 1.86. The van der Waals surface area contributed by atoms with Crippen LogP contribution in [-0.4, -0.2) is 17.8 Å². The molecule has 1 aromatic heterocycles. The largest absolute Gasteiger partial charge is 0.466 e. The van der Waals surface area contributed by atoms with Crippen LogP contribution in [0.15, 0.2) is 10.5 Å². The number of rotatable bonds is 6. The third-order valence-electron chi connectivity index (χ3n) is 2.58. The highest BCUT2D eigenvalue weighted by Gasteiger charge is 2.08. The van der Waals surface area contributed by atoms with Gasteiger partial charge < -0.3 is 14.8 Å². The fraction of sp³-hybridized carbons (Fsp3) is 0.692. The Labute approximate surface area is 97.9 Å². The Balaban J connectivity index is 2.27. The monoisotopic (exact) mass is 225 g/mol. The van der Waals surface area contributed by atoms with E-state index in [1.807, 2.05) is 19.9 Å². The van der Waals surface area contributed by atoms with Crippen molar-refractivity contribution >= 4 is 0 Å². The second-order valence-corrected chi connectivity index (χ2v) is 4.85. The van der Waals surface area contributed by atoms with E-state index < -0.39 is 0 Å². The summed E-state index contributed by atoms with van der Waals surface area (Å²) in [4.78, 5) is 0. The summed E-state index contributed by atoms with van der Waals surface area (Å²) in [6.07, 6.45) is 0.587. The zero-order valence-electron chi connectivity index (χ0n) is 10.7. The summed E-state index contributed by atoms with van der Waals surface area (Å²) < 4.78 is 5.43. The highest BCUT2D eigenvalue weighted by atomic mass is 16.3. The smallest absolute Gasteiger partial charge is 0.105 e. The Morgan fingerprint density at radius 1 is 1.38 bits per heavy atom. The molecule has 0 aromatic carbocycles. The van der Waals surface area contributed by atoms with Crippen LogP contribution >= 0.6 is 0 Å². The number of hydrogen-bond donors (Lipinski definition) is 2. The Kier molecular flexibility index (Phi) is 5.03. The molecule has 0 saturated heterocycles. The molecule has 0 amide bonds. The first-order valence-corrected chi connectivity index (χ1v) is 5.93. The summed E-state index contributed by atoms with van der Waals surface area (Å²) in [6, 6.07) is 2.04. The molecular weight excluding hydrogens is 202 g/mol. The lowest BCUT2D eigenvalue weighted by Crippen LogP contribution is -2.27. The van der Waals surface area contributed by atoms with Crippen molar-refractivity contribution in [1.82, 2.24) is 5.32 Å². The van der Waals surface area contributed by atoms with Gasteiger partial charge >= 0.3 is 0 Å². The van der Waals surface area contributed by atoms with Crippen LogP contribution in [0, 0.1) is 19.8 Å². The Morgan fingerprint density at radius 3 is 2.56 bits per heavy atom. The maximum Gasteiger partial charge on any atom is 0.105 e. The predicted octanol–water partition coefficient (Wildman–Crippen LogP) is 2.39. The molecule has 0 bridgehead atoms. The summed E-state index contributed by atoms with van der Waals surface area (Å²) in [6.45, 7) is 9.55. The highest BCUT2D eigenvalue weighted by Crippen LogP contribution is 2.13. The molecule has 0 radical (unpaired) electrons. The van der Waals surface area contributed by atoms with Crippen LogP contribution in [-0.2, 0) is 6.54 Å². The Hall–Kier alpha value is -0.800. The minimum absolute atomic E-state index is 0.256. The molecule has 0 aliphatic heterocycles. The van der Waals surface area contributed by atoms with Crippen molar-refractivity contribution in [3.05, 3.63) is 23.2 Å². The van der Waals surface area contributed by atoms with Gasteiger partial charge in [0.15, 0.2) is 0 Å². The standard InChI is InChI=1S/C13H23NO2/c1-9(2)5-13(15)8-14-7-12-6-10(3)16-11(12)4/h6,9,13-15H,5,7-8H2,1-4H3. The topological polar surface area (TPSA) is 45.4 Å². The quantitative estimate of drug-likeness (QED) is 0.781. The number of aliphatic hydroxyl groups excluding tert-OH is 1. The van der Waals surface area contributed by atoms with Gasteiger partial charge in [0.05, 0.1) is 6.10 Å². The van der Waals surface area contributed by atoms with E-state index in [4.69, 9.17) is 4.42 Å². The number of aryl methyl sites for hydroxylation is 2. The lowest BCUT2D eigenvalue weighted by molar-refractivity contribution is 0.146. The van der Waals surface area contributed by atoms with Crippen molar-refractivity contribution in [2.45, 2.75) is 46.8 Å². The second-order valence-electron chi connectivity index (χ2n) is 4.85. The van der Waals surface area contributed by atoms with Crippen LogP contribution in [0.4, 0.5) is 0 Å². The first-order valence-electron chi connectivity index (χ1n) is 5.93. The van der Waals surface area contributed by atoms with Gasteiger partial charge in [0.1, 0.15) is 11.5 Å². The molecule has 2 N–H and O–H groups in total. The molecule has 0 aliphatic carbocycles. The first-order chi connectivity index (χ1) is 7.49. The summed E-state index contributed by atoms with van der Waals surface area (Å²) in [5.74, 6) is 2.44. The molecule has 0 fully saturated rings. The highest BCUT2D eigenvalue weighted by molar-refractivity contribution is 5.19. The molecule has 92 valence electrons. The van der Waals surface area contributed by atoms with Gasteiger partial charge in [0.25, 0.3) is 0 Å². The van der Waals surface area contributed by atoms with E-state index in [2.05, 4.69) is 19.2 Å². The summed E-state index contributed by atoms with van der Waals surface area (Å²) in [5.41, 5.74) is 1.18. The van der Waals surface area contributed by atoms with Crippen molar-refractivity contribution < 1.29 is 9.52 Å². The fourth-order valence-corrected chi connectivity index (χ4v) is 1.86. The van der Waals surface area contributed by atoms with Crippen LogP contribution in [0.2, 0.25) is 0 Å². The Morgan fingerprint density at radius 2 is 2.06 bits per heavy atom. The summed E-state index contributed by atoms with van der Waals surface area (Å²) >= 11 is 0. The van der Waals surface area contributed by atoms with Crippen molar-refractivity contribution in [2.24, 2.45) is 5.92 Å². The minimum atomic E-state index is -0.256. The van der Waals surface area contributed by atoms with Gasteiger partial charge in [-0.3, -0.25) is 0 Å². The van der Waals surface area contributed by atoms with Crippen molar-refractivity contribution in [2.75, 3.05) is 6.54 Å². The van der Waals surface area contributed by atoms with Crippen molar-refractivity contribution in [1.29, 1.82) is 0 Å². The van der Waals surface area contributed by atoms with Gasteiger partial charge in [-0.05, 0) is 32.3 Å². The zero-order valence-corrected chi connectivity index (χ0v) is 10.7. The number of nitrogens with one attached hydrogen (secondary N) is 1. The molecule has 1 rings (SSSR count). The van der Waals surface area contributed by atoms with Crippen LogP contribution in [0.3, 0.4) is 0 Å². The van der Waals surface area contributed by atoms with Gasteiger partial charge in [0.2, 0.25) is 0 Å². The van der Waals surface area contributed by atoms with E-state index in [9.17, 15) is 5.11 Å². The van der Waals surface area contributed by atoms with E-state index in [1.54, 1.807) is 0 Å². The molecule has 3 heteroatoms. The van der Waals surface area contributed by atoms with Crippen LogP contribution in [0.5, 0.6) is 0 Å². The van der Waals surface area contributed by atoms with E-state index in [0.717, 1.165) is 24.5 Å². The van der Waals surface area contributed by atoms with Crippen molar-refractivity contribution in [3.8, 4) is 0 Å². The average molecular weight is 225 g/mol. The molecule has 1 unspecified atom stereocenters. The minimum Gasteiger partial charge on any atom is -0.466 e. The van der Waals surface area contributed by atoms with Crippen molar-refractivity contribution in [3.63, 3.8) is 0 Å².